The first-order chi connectivity index (χ1) is 9.63. The van der Waals surface area contributed by atoms with Crippen LogP contribution in [-0.4, -0.2) is 9.51 Å². The highest BCUT2D eigenvalue weighted by Gasteiger charge is 2.11. The van der Waals surface area contributed by atoms with Crippen molar-refractivity contribution in [2.24, 2.45) is 7.05 Å². The highest BCUT2D eigenvalue weighted by molar-refractivity contribution is 6.02. The highest BCUT2D eigenvalue weighted by Crippen LogP contribution is 2.30. The van der Waals surface area contributed by atoms with E-state index in [9.17, 15) is 5.11 Å². The molecule has 0 aliphatic carbocycles. The molecule has 0 radical (unpaired) electrons. The zero-order chi connectivity index (χ0) is 13.9. The number of aromatic hydroxyl groups is 1. The number of benzene rings is 1. The van der Waals surface area contributed by atoms with Crippen molar-refractivity contribution in [1.29, 1.82) is 0 Å². The van der Waals surface area contributed by atoms with Crippen LogP contribution in [0.25, 0.3) is 27.2 Å². The minimum atomic E-state index is 0.307. The smallest absolute Gasteiger partial charge is 0.193 e. The molecule has 3 heteroatoms. The lowest BCUT2D eigenvalue weighted by Gasteiger charge is -2.05. The normalized spacial score (nSPS) is 11.7. The van der Waals surface area contributed by atoms with Crippen LogP contribution in [0.3, 0.4) is 0 Å². The van der Waals surface area contributed by atoms with Gasteiger partial charge in [0.2, 0.25) is 0 Å². The molecule has 0 fully saturated rings. The van der Waals surface area contributed by atoms with Gasteiger partial charge in [0, 0.05) is 28.4 Å². The van der Waals surface area contributed by atoms with Gasteiger partial charge in [-0.25, -0.2) is 4.57 Å². The molecule has 4 rings (SSSR count). The number of nitrogens with zero attached hydrogens (tertiary/aromatic N) is 2. The fourth-order valence-corrected chi connectivity index (χ4v) is 2.95. The molecule has 20 heavy (non-hydrogen) atoms. The maximum Gasteiger partial charge on any atom is 0.193 e. The second-order valence-corrected chi connectivity index (χ2v) is 5.39. The van der Waals surface area contributed by atoms with Crippen molar-refractivity contribution in [1.82, 2.24) is 4.40 Å². The number of aryl methyl sites for hydroxylation is 2. The Morgan fingerprint density at radius 1 is 1.05 bits per heavy atom. The predicted molar refractivity (Wildman–Crippen MR) is 80.0 cm³/mol. The van der Waals surface area contributed by atoms with Gasteiger partial charge in [-0.2, -0.15) is 0 Å². The number of phenols is 1. The van der Waals surface area contributed by atoms with Gasteiger partial charge in [0.05, 0.1) is 5.52 Å². The van der Waals surface area contributed by atoms with E-state index in [0.29, 0.717) is 5.75 Å². The third kappa shape index (κ3) is 1.43. The summed E-state index contributed by atoms with van der Waals surface area (Å²) in [6.45, 7) is 2.13. The van der Waals surface area contributed by atoms with Crippen molar-refractivity contribution >= 4 is 27.2 Å². The van der Waals surface area contributed by atoms with E-state index in [0.717, 1.165) is 16.3 Å². The number of pyridine rings is 2. The SMILES string of the molecule is Cc1cc2c3cc(O)ccc3cn2c2c[n+](C)ccc12. The van der Waals surface area contributed by atoms with E-state index in [2.05, 4.69) is 46.6 Å². The highest BCUT2D eigenvalue weighted by atomic mass is 16.3. The van der Waals surface area contributed by atoms with Gasteiger partial charge >= 0.3 is 0 Å². The summed E-state index contributed by atoms with van der Waals surface area (Å²) < 4.78 is 4.26. The Balaban J connectivity index is 2.31. The van der Waals surface area contributed by atoms with Crippen LogP contribution in [-0.2, 0) is 7.05 Å². The summed E-state index contributed by atoms with van der Waals surface area (Å²) in [4.78, 5) is 0. The average molecular weight is 263 g/mol. The first-order valence-electron chi connectivity index (χ1n) is 6.66. The lowest BCUT2D eigenvalue weighted by molar-refractivity contribution is -0.670. The molecule has 0 saturated heterocycles. The van der Waals surface area contributed by atoms with Gasteiger partial charge in [-0.3, -0.25) is 0 Å². The van der Waals surface area contributed by atoms with E-state index in [4.69, 9.17) is 0 Å². The molecule has 4 aromatic rings. The summed E-state index contributed by atoms with van der Waals surface area (Å²) in [5.74, 6) is 0.307. The Labute approximate surface area is 116 Å². The van der Waals surface area contributed by atoms with Crippen molar-refractivity contribution in [2.45, 2.75) is 6.92 Å². The molecule has 3 aromatic heterocycles. The summed E-state index contributed by atoms with van der Waals surface area (Å²) in [7, 11) is 2.03. The lowest BCUT2D eigenvalue weighted by atomic mass is 10.1. The molecule has 3 nitrogen and oxygen atoms in total. The van der Waals surface area contributed by atoms with Gasteiger partial charge in [0.15, 0.2) is 12.4 Å². The zero-order valence-electron chi connectivity index (χ0n) is 11.5. The van der Waals surface area contributed by atoms with Crippen LogP contribution < -0.4 is 4.57 Å². The average Bonchev–Trinajstić information content (AvgIpc) is 2.77. The van der Waals surface area contributed by atoms with Crippen LogP contribution in [0, 0.1) is 6.92 Å². The maximum atomic E-state index is 9.72. The second-order valence-electron chi connectivity index (χ2n) is 5.39. The number of aromatic nitrogens is 2. The van der Waals surface area contributed by atoms with E-state index in [1.165, 1.54) is 16.5 Å². The molecular weight excluding hydrogens is 248 g/mol. The van der Waals surface area contributed by atoms with Crippen LogP contribution in [0.2, 0.25) is 0 Å². The van der Waals surface area contributed by atoms with Gasteiger partial charge < -0.3 is 9.51 Å². The summed E-state index contributed by atoms with van der Waals surface area (Å²) in [5.41, 5.74) is 3.56. The fourth-order valence-electron chi connectivity index (χ4n) is 2.95. The van der Waals surface area contributed by atoms with Gasteiger partial charge in [-0.15, -0.1) is 0 Å². The van der Waals surface area contributed by atoms with Crippen molar-refractivity contribution in [3.05, 3.63) is 54.5 Å². The minimum absolute atomic E-state index is 0.307. The Kier molecular flexibility index (Phi) is 2.11. The number of hydrogen-bond acceptors (Lipinski definition) is 1. The molecule has 0 aliphatic heterocycles. The zero-order valence-corrected chi connectivity index (χ0v) is 11.5. The number of hydrogen-bond donors (Lipinski definition) is 1. The van der Waals surface area contributed by atoms with E-state index >= 15 is 0 Å². The van der Waals surface area contributed by atoms with Crippen LogP contribution in [0.1, 0.15) is 5.56 Å². The molecule has 0 spiro atoms. The monoisotopic (exact) mass is 263 g/mol. The first-order valence-corrected chi connectivity index (χ1v) is 6.66. The standard InChI is InChI=1S/C17H14N2O/c1-11-7-16-15-8-13(20)4-3-12(15)9-19(16)17-10-18(2)6-5-14(11)17/h3-10H,1-2H3/p+1. The van der Waals surface area contributed by atoms with E-state index in [1.807, 2.05) is 19.2 Å². The maximum absolute atomic E-state index is 9.72. The topological polar surface area (TPSA) is 28.5 Å². The first kappa shape index (κ1) is 11.3. The number of rotatable bonds is 0. The van der Waals surface area contributed by atoms with E-state index < -0.39 is 0 Å². The molecule has 3 heterocycles. The summed E-state index contributed by atoms with van der Waals surface area (Å²) in [5, 5.41) is 13.2. The fraction of sp³-hybridized carbons (Fsp3) is 0.118. The predicted octanol–water partition coefficient (Wildman–Crippen LogP) is 3.08. The van der Waals surface area contributed by atoms with E-state index in [1.54, 1.807) is 6.07 Å². The van der Waals surface area contributed by atoms with Crippen molar-refractivity contribution < 1.29 is 9.67 Å². The van der Waals surface area contributed by atoms with Crippen LogP contribution in [0.5, 0.6) is 5.75 Å². The van der Waals surface area contributed by atoms with Crippen molar-refractivity contribution in [3.63, 3.8) is 0 Å². The number of phenolic OH excluding ortho intramolecular Hbond substituents is 1. The third-order valence-corrected chi connectivity index (χ3v) is 3.96. The second kappa shape index (κ2) is 3.73. The third-order valence-electron chi connectivity index (χ3n) is 3.96. The van der Waals surface area contributed by atoms with Crippen molar-refractivity contribution in [2.75, 3.05) is 0 Å². The van der Waals surface area contributed by atoms with Gasteiger partial charge in [0.25, 0.3) is 0 Å². The summed E-state index contributed by atoms with van der Waals surface area (Å²) in [6.07, 6.45) is 6.33. The van der Waals surface area contributed by atoms with Crippen LogP contribution in [0.4, 0.5) is 0 Å². The molecular formula is C17H15N2O+. The minimum Gasteiger partial charge on any atom is -0.508 e. The Morgan fingerprint density at radius 3 is 2.75 bits per heavy atom. The Morgan fingerprint density at radius 2 is 1.90 bits per heavy atom. The van der Waals surface area contributed by atoms with E-state index in [-0.39, 0.29) is 0 Å². The summed E-state index contributed by atoms with van der Waals surface area (Å²) >= 11 is 0. The molecule has 0 bridgehead atoms. The van der Waals surface area contributed by atoms with Crippen molar-refractivity contribution in [3.8, 4) is 5.75 Å². The van der Waals surface area contributed by atoms with Crippen LogP contribution >= 0.6 is 0 Å². The molecule has 1 aromatic carbocycles. The molecule has 0 atom stereocenters. The molecule has 0 amide bonds. The quantitative estimate of drug-likeness (QED) is 0.485. The van der Waals surface area contributed by atoms with Crippen LogP contribution in [0.15, 0.2) is 48.9 Å². The molecule has 0 unspecified atom stereocenters. The Hall–Kier alpha value is -2.55. The molecule has 0 saturated carbocycles. The Bertz CT molecular complexity index is 983. The van der Waals surface area contributed by atoms with Gasteiger partial charge in [-0.1, -0.05) is 0 Å². The largest absolute Gasteiger partial charge is 0.508 e. The van der Waals surface area contributed by atoms with Gasteiger partial charge in [-0.05, 0) is 36.8 Å². The molecule has 1 N–H and O–H groups in total. The molecule has 98 valence electrons. The summed E-state index contributed by atoms with van der Waals surface area (Å²) in [6, 6.07) is 9.85. The lowest BCUT2D eigenvalue weighted by Crippen LogP contribution is -2.26. The number of fused-ring (bicyclic) bond motifs is 5. The van der Waals surface area contributed by atoms with Gasteiger partial charge in [0.1, 0.15) is 18.3 Å². The molecule has 0 aliphatic rings.